The van der Waals surface area contributed by atoms with Gasteiger partial charge >= 0.3 is 0 Å². The number of nitrogens with zero attached hydrogens (tertiary/aromatic N) is 4. The van der Waals surface area contributed by atoms with E-state index in [0.29, 0.717) is 6.54 Å². The molecule has 4 aromatic rings. The molecule has 1 aliphatic rings. The van der Waals surface area contributed by atoms with Crippen LogP contribution in [0.2, 0.25) is 0 Å². The molecule has 1 amide bonds. The molecule has 2 aromatic heterocycles. The van der Waals surface area contributed by atoms with Crippen LogP contribution in [0.3, 0.4) is 0 Å². The van der Waals surface area contributed by atoms with Crippen molar-refractivity contribution in [2.45, 2.75) is 24.7 Å². The second-order valence-corrected chi connectivity index (χ2v) is 7.86. The third kappa shape index (κ3) is 3.47. The summed E-state index contributed by atoms with van der Waals surface area (Å²) >= 11 is 0. The first-order valence-electron chi connectivity index (χ1n) is 10.5. The Hall–Kier alpha value is -3.47. The van der Waals surface area contributed by atoms with Crippen molar-refractivity contribution in [1.82, 2.24) is 19.5 Å². The van der Waals surface area contributed by atoms with Crippen molar-refractivity contribution in [2.75, 3.05) is 13.1 Å². The maximum absolute atomic E-state index is 13.8. The van der Waals surface area contributed by atoms with Crippen LogP contribution in [0, 0.1) is 0 Å². The molecule has 5 heteroatoms. The maximum Gasteiger partial charge on any atom is 0.234 e. The molecule has 2 aromatic carbocycles. The van der Waals surface area contributed by atoms with E-state index in [2.05, 4.69) is 10.2 Å². The molecule has 5 nitrogen and oxygen atoms in total. The molecule has 1 unspecified atom stereocenters. The normalized spacial score (nSPS) is 16.8. The van der Waals surface area contributed by atoms with Crippen LogP contribution in [0.25, 0.3) is 5.65 Å². The number of carbonyl (C=O) groups excluding carboxylic acids is 1. The summed E-state index contributed by atoms with van der Waals surface area (Å²) in [5, 5.41) is 8.75. The highest BCUT2D eigenvalue weighted by Crippen LogP contribution is 2.31. The van der Waals surface area contributed by atoms with Crippen LogP contribution < -0.4 is 0 Å². The second kappa shape index (κ2) is 8.11. The van der Waals surface area contributed by atoms with Gasteiger partial charge in [0.1, 0.15) is 5.82 Å². The summed E-state index contributed by atoms with van der Waals surface area (Å²) in [4.78, 5) is 15.8. The van der Waals surface area contributed by atoms with Gasteiger partial charge in [-0.3, -0.25) is 9.20 Å². The topological polar surface area (TPSA) is 50.5 Å². The third-order valence-corrected chi connectivity index (χ3v) is 5.95. The van der Waals surface area contributed by atoms with E-state index in [1.807, 2.05) is 94.4 Å². The summed E-state index contributed by atoms with van der Waals surface area (Å²) in [7, 11) is 0. The highest BCUT2D eigenvalue weighted by Gasteiger charge is 2.32. The van der Waals surface area contributed by atoms with Crippen molar-refractivity contribution < 1.29 is 4.79 Å². The zero-order chi connectivity index (χ0) is 20.3. The predicted octanol–water partition coefficient (Wildman–Crippen LogP) is 4.27. The number of fused-ring (bicyclic) bond motifs is 1. The van der Waals surface area contributed by atoms with Gasteiger partial charge in [-0.15, -0.1) is 10.2 Å². The van der Waals surface area contributed by atoms with Gasteiger partial charge in [0.25, 0.3) is 0 Å². The van der Waals surface area contributed by atoms with Crippen LogP contribution in [0.5, 0.6) is 0 Å². The van der Waals surface area contributed by atoms with Crippen LogP contribution in [0.15, 0.2) is 85.1 Å². The Balaban J connectivity index is 1.45. The van der Waals surface area contributed by atoms with Crippen LogP contribution in [0.1, 0.15) is 41.6 Å². The number of aromatic nitrogens is 3. The summed E-state index contributed by atoms with van der Waals surface area (Å²) in [6.45, 7) is 1.45. The first-order chi connectivity index (χ1) is 14.8. The number of rotatable bonds is 4. The number of amides is 1. The number of benzene rings is 2. The fourth-order valence-electron chi connectivity index (χ4n) is 4.48. The molecule has 30 heavy (non-hydrogen) atoms. The fourth-order valence-corrected chi connectivity index (χ4v) is 4.48. The van der Waals surface area contributed by atoms with Crippen LogP contribution in [-0.2, 0) is 4.79 Å². The molecule has 1 fully saturated rings. The Morgan fingerprint density at radius 1 is 0.867 bits per heavy atom. The molecule has 1 atom stereocenters. The lowest BCUT2D eigenvalue weighted by molar-refractivity contribution is -0.133. The van der Waals surface area contributed by atoms with E-state index in [9.17, 15) is 4.79 Å². The molecular formula is C25H24N4O. The van der Waals surface area contributed by atoms with E-state index in [4.69, 9.17) is 0 Å². The number of hydrogen-bond donors (Lipinski definition) is 0. The molecule has 0 radical (unpaired) electrons. The average molecular weight is 396 g/mol. The maximum atomic E-state index is 13.8. The molecule has 0 N–H and O–H groups in total. The van der Waals surface area contributed by atoms with Crippen molar-refractivity contribution in [1.29, 1.82) is 0 Å². The van der Waals surface area contributed by atoms with Gasteiger partial charge in [0, 0.05) is 25.2 Å². The quantitative estimate of drug-likeness (QED) is 0.518. The third-order valence-electron chi connectivity index (χ3n) is 5.95. The smallest absolute Gasteiger partial charge is 0.234 e. The second-order valence-electron chi connectivity index (χ2n) is 7.86. The largest absolute Gasteiger partial charge is 0.341 e. The molecule has 1 saturated heterocycles. The van der Waals surface area contributed by atoms with E-state index in [1.54, 1.807) is 0 Å². The molecule has 0 saturated carbocycles. The Bertz CT molecular complexity index is 1100. The van der Waals surface area contributed by atoms with Gasteiger partial charge < -0.3 is 4.90 Å². The summed E-state index contributed by atoms with van der Waals surface area (Å²) in [6, 6.07) is 26.1. The van der Waals surface area contributed by atoms with Gasteiger partial charge in [-0.2, -0.15) is 0 Å². The molecule has 5 rings (SSSR count). The molecule has 0 bridgehead atoms. The number of hydrogen-bond acceptors (Lipinski definition) is 3. The van der Waals surface area contributed by atoms with E-state index >= 15 is 0 Å². The Kier molecular flexibility index (Phi) is 5.01. The Morgan fingerprint density at radius 2 is 1.53 bits per heavy atom. The number of likely N-dealkylation sites (tertiary alicyclic amines) is 1. The van der Waals surface area contributed by atoms with Gasteiger partial charge in [0.05, 0.1) is 5.92 Å². The summed E-state index contributed by atoms with van der Waals surface area (Å²) in [6.07, 6.45) is 3.98. The molecule has 3 heterocycles. The lowest BCUT2D eigenvalue weighted by Gasteiger charge is -2.34. The summed E-state index contributed by atoms with van der Waals surface area (Å²) < 4.78 is 2.05. The number of piperidine rings is 1. The standard InChI is InChI=1S/C25H24N4O/c30-25(23(19-10-3-1-4-11-19)20-12-5-2-6-13-20)28-16-9-14-21(18-28)24-27-26-22-15-7-8-17-29(22)24/h1-8,10-13,15,17,21,23H,9,14,16,18H2. The van der Waals surface area contributed by atoms with Crippen molar-refractivity contribution in [3.05, 3.63) is 102 Å². The Labute approximate surface area is 176 Å². The number of carbonyl (C=O) groups is 1. The molecule has 0 spiro atoms. The van der Waals surface area contributed by atoms with Gasteiger partial charge in [0.15, 0.2) is 5.65 Å². The SMILES string of the molecule is O=C(C(c1ccccc1)c1ccccc1)N1CCCC(c2nnc3ccccn23)C1. The van der Waals surface area contributed by atoms with E-state index in [-0.39, 0.29) is 17.7 Å². The first kappa shape index (κ1) is 18.6. The first-order valence-corrected chi connectivity index (χ1v) is 10.5. The Morgan fingerprint density at radius 3 is 2.23 bits per heavy atom. The molecule has 150 valence electrons. The highest BCUT2D eigenvalue weighted by molar-refractivity contribution is 5.87. The van der Waals surface area contributed by atoms with Crippen molar-refractivity contribution in [3.8, 4) is 0 Å². The van der Waals surface area contributed by atoms with E-state index in [1.165, 1.54) is 0 Å². The van der Waals surface area contributed by atoms with Crippen molar-refractivity contribution in [3.63, 3.8) is 0 Å². The van der Waals surface area contributed by atoms with Crippen LogP contribution in [-0.4, -0.2) is 38.5 Å². The minimum atomic E-state index is -0.290. The minimum Gasteiger partial charge on any atom is -0.341 e. The van der Waals surface area contributed by atoms with Gasteiger partial charge in [-0.1, -0.05) is 66.7 Å². The van der Waals surface area contributed by atoms with E-state index < -0.39 is 0 Å². The van der Waals surface area contributed by atoms with Gasteiger partial charge in [0.2, 0.25) is 5.91 Å². The number of pyridine rings is 1. The lowest BCUT2D eigenvalue weighted by atomic mass is 9.88. The molecule has 1 aliphatic heterocycles. The summed E-state index contributed by atoms with van der Waals surface area (Å²) in [5.41, 5.74) is 2.91. The lowest BCUT2D eigenvalue weighted by Crippen LogP contribution is -2.42. The van der Waals surface area contributed by atoms with Gasteiger partial charge in [-0.25, -0.2) is 0 Å². The van der Waals surface area contributed by atoms with Crippen LogP contribution >= 0.6 is 0 Å². The predicted molar refractivity (Wildman–Crippen MR) is 116 cm³/mol. The monoisotopic (exact) mass is 396 g/mol. The summed E-state index contributed by atoms with van der Waals surface area (Å²) in [5.74, 6) is 0.999. The van der Waals surface area contributed by atoms with E-state index in [0.717, 1.165) is 42.0 Å². The van der Waals surface area contributed by atoms with Crippen LogP contribution in [0.4, 0.5) is 0 Å². The zero-order valence-electron chi connectivity index (χ0n) is 16.8. The van der Waals surface area contributed by atoms with Crippen molar-refractivity contribution in [2.24, 2.45) is 0 Å². The van der Waals surface area contributed by atoms with Gasteiger partial charge in [-0.05, 0) is 36.1 Å². The minimum absolute atomic E-state index is 0.158. The zero-order valence-corrected chi connectivity index (χ0v) is 16.8. The van der Waals surface area contributed by atoms with Crippen molar-refractivity contribution >= 4 is 11.6 Å². The molecule has 0 aliphatic carbocycles. The average Bonchev–Trinajstić information content (AvgIpc) is 3.25. The molecular weight excluding hydrogens is 372 g/mol. The highest BCUT2D eigenvalue weighted by atomic mass is 16.2. The fraction of sp³-hybridized carbons (Fsp3) is 0.240.